The average Bonchev–Trinajstić information content (AvgIpc) is 2.80. The maximum absolute atomic E-state index is 13.3. The Kier molecular flexibility index (Phi) is 6.04. The number of nitrogens with zero attached hydrogens (tertiary/aromatic N) is 3. The second kappa shape index (κ2) is 9.06. The number of hydrogen-bond acceptors (Lipinski definition) is 4. The van der Waals surface area contributed by atoms with Gasteiger partial charge in [0.1, 0.15) is 0 Å². The van der Waals surface area contributed by atoms with Gasteiger partial charge >= 0.3 is 0 Å². The number of likely N-dealkylation sites (N-methyl/N-ethyl adjacent to an activating group) is 1. The van der Waals surface area contributed by atoms with E-state index in [1.54, 1.807) is 31.6 Å². The second-order valence-corrected chi connectivity index (χ2v) is 7.86. The van der Waals surface area contributed by atoms with Gasteiger partial charge in [0.05, 0.1) is 29.0 Å². The smallest absolute Gasteiger partial charge is 0.254 e. The van der Waals surface area contributed by atoms with E-state index in [-0.39, 0.29) is 18.4 Å². The monoisotopic (exact) mass is 474 g/mol. The number of pyridine rings is 2. The molecule has 154 valence electrons. The van der Waals surface area contributed by atoms with Gasteiger partial charge in [-0.1, -0.05) is 30.3 Å². The van der Waals surface area contributed by atoms with Gasteiger partial charge in [0, 0.05) is 34.9 Å². The van der Waals surface area contributed by atoms with Crippen molar-refractivity contribution in [1.29, 1.82) is 0 Å². The van der Waals surface area contributed by atoms with Crippen LogP contribution in [0.15, 0.2) is 83.6 Å². The molecule has 7 heteroatoms. The standard InChI is InChI=1S/C24H19BrN4O2/c1-29(15-23(30)28-21-11-5-3-9-19(21)25)24(31)18-13-22(16-7-6-12-26-14-16)27-20-10-4-2-8-17(18)20/h2-14H,15H2,1H3,(H,28,30). The molecule has 2 aromatic carbocycles. The summed E-state index contributed by atoms with van der Waals surface area (Å²) in [4.78, 5) is 36.0. The third-order valence-electron chi connectivity index (χ3n) is 4.78. The Morgan fingerprint density at radius 3 is 2.58 bits per heavy atom. The predicted octanol–water partition coefficient (Wildman–Crippen LogP) is 4.77. The van der Waals surface area contributed by atoms with E-state index in [2.05, 4.69) is 31.2 Å². The molecule has 2 aromatic heterocycles. The van der Waals surface area contributed by atoms with Gasteiger partial charge in [-0.2, -0.15) is 0 Å². The van der Waals surface area contributed by atoms with Gasteiger partial charge in [0.15, 0.2) is 0 Å². The van der Waals surface area contributed by atoms with Crippen LogP contribution >= 0.6 is 15.9 Å². The molecule has 2 heterocycles. The van der Waals surface area contributed by atoms with Crippen molar-refractivity contribution in [3.05, 3.63) is 89.2 Å². The van der Waals surface area contributed by atoms with Gasteiger partial charge in [-0.15, -0.1) is 0 Å². The fourth-order valence-corrected chi connectivity index (χ4v) is 3.64. The average molecular weight is 475 g/mol. The Labute approximate surface area is 188 Å². The number of fused-ring (bicyclic) bond motifs is 1. The molecule has 0 bridgehead atoms. The third-order valence-corrected chi connectivity index (χ3v) is 5.47. The van der Waals surface area contributed by atoms with Crippen LogP contribution in [0, 0.1) is 0 Å². The van der Waals surface area contributed by atoms with Gasteiger partial charge in [-0.25, -0.2) is 4.98 Å². The Hall–Kier alpha value is -3.58. The van der Waals surface area contributed by atoms with Crippen molar-refractivity contribution in [2.75, 3.05) is 18.9 Å². The van der Waals surface area contributed by atoms with Crippen molar-refractivity contribution in [3.63, 3.8) is 0 Å². The van der Waals surface area contributed by atoms with Gasteiger partial charge in [-0.05, 0) is 52.3 Å². The number of hydrogen-bond donors (Lipinski definition) is 1. The molecule has 31 heavy (non-hydrogen) atoms. The van der Waals surface area contributed by atoms with E-state index < -0.39 is 0 Å². The van der Waals surface area contributed by atoms with Crippen LogP contribution in [0.4, 0.5) is 5.69 Å². The molecule has 0 spiro atoms. The minimum absolute atomic E-state index is 0.0843. The van der Waals surface area contributed by atoms with Crippen LogP contribution < -0.4 is 5.32 Å². The van der Waals surface area contributed by atoms with Crippen LogP contribution in [0.5, 0.6) is 0 Å². The molecule has 2 amide bonds. The fraction of sp³-hybridized carbons (Fsp3) is 0.0833. The third kappa shape index (κ3) is 4.62. The molecular weight excluding hydrogens is 456 g/mol. The van der Waals surface area contributed by atoms with Gasteiger partial charge in [0.2, 0.25) is 5.91 Å². The van der Waals surface area contributed by atoms with Gasteiger partial charge in [0.25, 0.3) is 5.91 Å². The lowest BCUT2D eigenvalue weighted by molar-refractivity contribution is -0.116. The Morgan fingerprint density at radius 2 is 1.81 bits per heavy atom. The summed E-state index contributed by atoms with van der Waals surface area (Å²) in [6.07, 6.45) is 3.40. The Bertz CT molecular complexity index is 1260. The van der Waals surface area contributed by atoms with Crippen LogP contribution in [-0.2, 0) is 4.79 Å². The van der Waals surface area contributed by atoms with Crippen molar-refractivity contribution in [1.82, 2.24) is 14.9 Å². The number of anilines is 1. The van der Waals surface area contributed by atoms with Crippen LogP contribution in [0.2, 0.25) is 0 Å². The van der Waals surface area contributed by atoms with E-state index in [1.165, 1.54) is 4.90 Å². The normalized spacial score (nSPS) is 10.6. The summed E-state index contributed by atoms with van der Waals surface area (Å²) in [6, 6.07) is 20.3. The molecular formula is C24H19BrN4O2. The van der Waals surface area contributed by atoms with Crippen molar-refractivity contribution in [2.24, 2.45) is 0 Å². The summed E-state index contributed by atoms with van der Waals surface area (Å²) < 4.78 is 0.776. The summed E-state index contributed by atoms with van der Waals surface area (Å²) in [7, 11) is 1.61. The quantitative estimate of drug-likeness (QED) is 0.451. The highest BCUT2D eigenvalue weighted by atomic mass is 79.9. The molecule has 0 saturated heterocycles. The number of rotatable bonds is 5. The van der Waals surface area contributed by atoms with Crippen LogP contribution in [0.1, 0.15) is 10.4 Å². The SMILES string of the molecule is CN(CC(=O)Nc1ccccc1Br)C(=O)c1cc(-c2cccnc2)nc2ccccc12. The lowest BCUT2D eigenvalue weighted by atomic mass is 10.0. The van der Waals surface area contributed by atoms with E-state index in [1.807, 2.05) is 54.6 Å². The molecule has 0 aliphatic rings. The van der Waals surface area contributed by atoms with Crippen LogP contribution in [0.3, 0.4) is 0 Å². The largest absolute Gasteiger partial charge is 0.332 e. The van der Waals surface area contributed by atoms with E-state index in [0.29, 0.717) is 22.5 Å². The zero-order valence-electron chi connectivity index (χ0n) is 16.7. The highest BCUT2D eigenvalue weighted by Gasteiger charge is 2.19. The number of para-hydroxylation sites is 2. The number of carbonyl (C=O) groups is 2. The summed E-state index contributed by atoms with van der Waals surface area (Å²) in [6.45, 7) is -0.0843. The minimum Gasteiger partial charge on any atom is -0.332 e. The fourth-order valence-electron chi connectivity index (χ4n) is 3.26. The Morgan fingerprint density at radius 1 is 1.03 bits per heavy atom. The first-order chi connectivity index (χ1) is 15.0. The maximum Gasteiger partial charge on any atom is 0.254 e. The summed E-state index contributed by atoms with van der Waals surface area (Å²) in [5.74, 6) is -0.542. The molecule has 4 rings (SSSR count). The molecule has 0 saturated carbocycles. The summed E-state index contributed by atoms with van der Waals surface area (Å²) in [5.41, 5.74) is 3.32. The van der Waals surface area contributed by atoms with E-state index in [4.69, 9.17) is 0 Å². The maximum atomic E-state index is 13.3. The van der Waals surface area contributed by atoms with Crippen LogP contribution in [-0.4, -0.2) is 40.3 Å². The first-order valence-corrected chi connectivity index (χ1v) is 10.4. The first kappa shape index (κ1) is 20.7. The van der Waals surface area contributed by atoms with Crippen molar-refractivity contribution >= 4 is 44.3 Å². The molecule has 0 atom stereocenters. The molecule has 0 aliphatic carbocycles. The highest BCUT2D eigenvalue weighted by molar-refractivity contribution is 9.10. The number of carbonyl (C=O) groups excluding carboxylic acids is 2. The number of aromatic nitrogens is 2. The summed E-state index contributed by atoms with van der Waals surface area (Å²) in [5, 5.41) is 3.56. The van der Waals surface area contributed by atoms with E-state index >= 15 is 0 Å². The zero-order chi connectivity index (χ0) is 21.8. The molecule has 0 unspecified atom stereocenters. The topological polar surface area (TPSA) is 75.2 Å². The summed E-state index contributed by atoms with van der Waals surface area (Å²) >= 11 is 3.41. The molecule has 0 aliphatic heterocycles. The lowest BCUT2D eigenvalue weighted by Gasteiger charge is -2.19. The number of amides is 2. The van der Waals surface area contributed by atoms with Gasteiger partial charge in [-0.3, -0.25) is 14.6 Å². The predicted molar refractivity (Wildman–Crippen MR) is 125 cm³/mol. The minimum atomic E-state index is -0.284. The zero-order valence-corrected chi connectivity index (χ0v) is 18.3. The van der Waals surface area contributed by atoms with E-state index in [0.717, 1.165) is 15.4 Å². The van der Waals surface area contributed by atoms with Crippen LogP contribution in [0.25, 0.3) is 22.2 Å². The highest BCUT2D eigenvalue weighted by Crippen LogP contribution is 2.25. The lowest BCUT2D eigenvalue weighted by Crippen LogP contribution is -2.35. The number of benzene rings is 2. The van der Waals surface area contributed by atoms with Gasteiger partial charge < -0.3 is 10.2 Å². The molecule has 0 radical (unpaired) electrons. The Balaban J connectivity index is 1.62. The van der Waals surface area contributed by atoms with Crippen molar-refractivity contribution < 1.29 is 9.59 Å². The number of halogens is 1. The first-order valence-electron chi connectivity index (χ1n) is 9.63. The molecule has 4 aromatic rings. The van der Waals surface area contributed by atoms with Crippen molar-refractivity contribution in [2.45, 2.75) is 0 Å². The van der Waals surface area contributed by atoms with E-state index in [9.17, 15) is 9.59 Å². The molecule has 0 fully saturated rings. The number of nitrogens with one attached hydrogen (secondary N) is 1. The molecule has 6 nitrogen and oxygen atoms in total. The molecule has 1 N–H and O–H groups in total. The second-order valence-electron chi connectivity index (χ2n) is 7.00. The van der Waals surface area contributed by atoms with Crippen molar-refractivity contribution in [3.8, 4) is 11.3 Å².